The van der Waals surface area contributed by atoms with Crippen molar-refractivity contribution in [1.29, 1.82) is 0 Å². The number of hydrogen-bond acceptors (Lipinski definition) is 8. The van der Waals surface area contributed by atoms with Crippen LogP contribution in [0.2, 0.25) is 0 Å². The summed E-state index contributed by atoms with van der Waals surface area (Å²) in [6.07, 6.45) is -9.23. The van der Waals surface area contributed by atoms with Gasteiger partial charge in [-0.15, -0.1) is 0 Å². The molecular weight excluding hydrogens is 426 g/mol. The number of benzene rings is 2. The molecule has 2 aromatic rings. The van der Waals surface area contributed by atoms with E-state index in [1.165, 1.54) is 31.2 Å². The minimum absolute atomic E-state index is 0.0168. The van der Waals surface area contributed by atoms with Crippen LogP contribution in [0.4, 0.5) is 5.69 Å². The first kappa shape index (κ1) is 23.2. The molecule has 1 heterocycles. The number of para-hydroxylation sites is 1. The van der Waals surface area contributed by atoms with Gasteiger partial charge in [-0.1, -0.05) is 24.3 Å². The zero-order valence-electron chi connectivity index (χ0n) is 16.7. The van der Waals surface area contributed by atoms with Crippen LogP contribution >= 0.6 is 0 Å². The van der Waals surface area contributed by atoms with Crippen molar-refractivity contribution in [3.8, 4) is 16.9 Å². The molecule has 1 amide bonds. The van der Waals surface area contributed by atoms with Crippen LogP contribution in [0.5, 0.6) is 5.75 Å². The number of nitrogens with one attached hydrogen (secondary N) is 1. The van der Waals surface area contributed by atoms with E-state index >= 15 is 0 Å². The van der Waals surface area contributed by atoms with E-state index in [1.54, 1.807) is 18.2 Å². The first-order chi connectivity index (χ1) is 15.1. The van der Waals surface area contributed by atoms with Gasteiger partial charge in [-0.2, -0.15) is 0 Å². The van der Waals surface area contributed by atoms with Gasteiger partial charge in [-0.05, 0) is 23.8 Å². The van der Waals surface area contributed by atoms with Gasteiger partial charge in [0, 0.05) is 12.5 Å². The number of carboxylic acids is 2. The number of anilines is 1. The summed E-state index contributed by atoms with van der Waals surface area (Å²) in [5, 5.41) is 51.3. The minimum atomic E-state index is -1.90. The Morgan fingerprint density at radius 3 is 2.28 bits per heavy atom. The second-order valence-corrected chi connectivity index (χ2v) is 7.10. The smallest absolute Gasteiger partial charge is 0.335 e. The zero-order valence-corrected chi connectivity index (χ0v) is 16.7. The molecule has 6 N–H and O–H groups in total. The van der Waals surface area contributed by atoms with Crippen LogP contribution < -0.4 is 10.1 Å². The van der Waals surface area contributed by atoms with E-state index in [-0.39, 0.29) is 17.0 Å². The molecule has 170 valence electrons. The molecule has 3 rings (SSSR count). The van der Waals surface area contributed by atoms with Crippen molar-refractivity contribution in [2.45, 2.75) is 37.6 Å². The molecule has 0 unspecified atom stereocenters. The topological polar surface area (TPSA) is 183 Å². The van der Waals surface area contributed by atoms with Crippen molar-refractivity contribution in [3.05, 3.63) is 48.0 Å². The van der Waals surface area contributed by atoms with Crippen LogP contribution in [0, 0.1) is 0 Å². The Labute approximate surface area is 181 Å². The molecule has 5 atom stereocenters. The first-order valence-electron chi connectivity index (χ1n) is 9.43. The summed E-state index contributed by atoms with van der Waals surface area (Å²) < 4.78 is 10.9. The van der Waals surface area contributed by atoms with Crippen molar-refractivity contribution in [3.63, 3.8) is 0 Å². The SMILES string of the molecule is CC(=O)Nc1cccc(-c2cccc(C(=O)O)c2)c1O[C@@H]1O[C@H](C(=O)O)[C@@H](O)[C@H](O)[C@H]1O. The lowest BCUT2D eigenvalue weighted by Crippen LogP contribution is -2.61. The van der Waals surface area contributed by atoms with E-state index in [0.717, 1.165) is 0 Å². The maximum Gasteiger partial charge on any atom is 0.335 e. The fourth-order valence-electron chi connectivity index (χ4n) is 3.26. The van der Waals surface area contributed by atoms with Gasteiger partial charge in [0.05, 0.1) is 11.3 Å². The van der Waals surface area contributed by atoms with Gasteiger partial charge in [0.1, 0.15) is 18.3 Å². The average Bonchev–Trinajstić information content (AvgIpc) is 2.74. The number of carboxylic acid groups (broad SMARTS) is 2. The van der Waals surface area contributed by atoms with Crippen molar-refractivity contribution >= 4 is 23.5 Å². The Bertz CT molecular complexity index is 1040. The highest BCUT2D eigenvalue weighted by molar-refractivity contribution is 5.94. The summed E-state index contributed by atoms with van der Waals surface area (Å²) in [4.78, 5) is 34.4. The maximum absolute atomic E-state index is 11.7. The summed E-state index contributed by atoms with van der Waals surface area (Å²) in [5.41, 5.74) is 0.784. The summed E-state index contributed by atoms with van der Waals surface area (Å²) in [5.74, 6) is -3.28. The second-order valence-electron chi connectivity index (χ2n) is 7.10. The largest absolute Gasteiger partial charge is 0.479 e. The number of aliphatic hydroxyl groups excluding tert-OH is 3. The molecule has 32 heavy (non-hydrogen) atoms. The molecule has 1 aliphatic heterocycles. The lowest BCUT2D eigenvalue weighted by Gasteiger charge is -2.38. The zero-order chi connectivity index (χ0) is 23.6. The Morgan fingerprint density at radius 1 is 0.969 bits per heavy atom. The summed E-state index contributed by atoms with van der Waals surface area (Å²) in [7, 11) is 0. The molecule has 11 heteroatoms. The summed E-state index contributed by atoms with van der Waals surface area (Å²) in [6, 6.07) is 10.4. The third-order valence-corrected chi connectivity index (χ3v) is 4.79. The highest BCUT2D eigenvalue weighted by Crippen LogP contribution is 2.39. The third-order valence-electron chi connectivity index (χ3n) is 4.79. The number of hydrogen-bond donors (Lipinski definition) is 6. The van der Waals surface area contributed by atoms with E-state index in [2.05, 4.69) is 5.32 Å². The second kappa shape index (κ2) is 9.32. The van der Waals surface area contributed by atoms with Gasteiger partial charge >= 0.3 is 11.9 Å². The van der Waals surface area contributed by atoms with Crippen LogP contribution in [0.1, 0.15) is 17.3 Å². The van der Waals surface area contributed by atoms with Crippen LogP contribution in [-0.2, 0) is 14.3 Å². The van der Waals surface area contributed by atoms with E-state index in [0.29, 0.717) is 11.1 Å². The van der Waals surface area contributed by atoms with E-state index < -0.39 is 48.6 Å². The summed E-state index contributed by atoms with van der Waals surface area (Å²) in [6.45, 7) is 1.24. The number of aromatic carboxylic acids is 1. The highest BCUT2D eigenvalue weighted by Gasteiger charge is 2.48. The number of aliphatic carboxylic acids is 1. The standard InChI is InChI=1S/C21H21NO10/c1-9(23)22-13-7-3-6-12(10-4-2-5-11(8-10)19(27)28)17(13)31-21-16(26)14(24)15(25)18(32-21)20(29)30/h2-8,14-16,18,21,24-26H,1H3,(H,22,23)(H,27,28)(H,29,30)/t14-,15-,16+,18-,21+/m0/s1. The van der Waals surface area contributed by atoms with Crippen molar-refractivity contribution in [2.75, 3.05) is 5.32 Å². The van der Waals surface area contributed by atoms with Crippen molar-refractivity contribution in [1.82, 2.24) is 0 Å². The van der Waals surface area contributed by atoms with Gasteiger partial charge < -0.3 is 40.3 Å². The van der Waals surface area contributed by atoms with E-state index in [1.807, 2.05) is 0 Å². The molecule has 0 bridgehead atoms. The van der Waals surface area contributed by atoms with Crippen LogP contribution in [0.3, 0.4) is 0 Å². The molecular formula is C21H21NO10. The predicted octanol–water partition coefficient (Wildman–Crippen LogP) is 0.281. The van der Waals surface area contributed by atoms with Crippen LogP contribution in [-0.4, -0.2) is 74.1 Å². The molecule has 0 aromatic heterocycles. The predicted molar refractivity (Wildman–Crippen MR) is 108 cm³/mol. The Hall–Kier alpha value is -3.51. The number of aliphatic hydroxyl groups is 3. The Balaban J connectivity index is 2.07. The lowest BCUT2D eigenvalue weighted by atomic mass is 9.98. The first-order valence-corrected chi connectivity index (χ1v) is 9.43. The molecule has 0 saturated carbocycles. The van der Waals surface area contributed by atoms with Gasteiger partial charge in [0.25, 0.3) is 0 Å². The van der Waals surface area contributed by atoms with Gasteiger partial charge in [0.15, 0.2) is 11.9 Å². The number of carbonyl (C=O) groups excluding carboxylic acids is 1. The molecule has 1 saturated heterocycles. The van der Waals surface area contributed by atoms with Gasteiger partial charge in [0.2, 0.25) is 12.2 Å². The Morgan fingerprint density at radius 2 is 1.66 bits per heavy atom. The Kier molecular flexibility index (Phi) is 6.75. The van der Waals surface area contributed by atoms with Crippen molar-refractivity contribution < 1.29 is 49.4 Å². The number of amides is 1. The molecule has 1 fully saturated rings. The van der Waals surface area contributed by atoms with E-state index in [9.17, 15) is 39.9 Å². The minimum Gasteiger partial charge on any atom is -0.479 e. The number of carbonyl (C=O) groups is 3. The average molecular weight is 447 g/mol. The third kappa shape index (κ3) is 4.70. The van der Waals surface area contributed by atoms with Gasteiger partial charge in [-0.25, -0.2) is 9.59 Å². The van der Waals surface area contributed by atoms with Crippen LogP contribution in [0.25, 0.3) is 11.1 Å². The number of rotatable bonds is 6. The summed E-state index contributed by atoms with van der Waals surface area (Å²) >= 11 is 0. The fourth-order valence-corrected chi connectivity index (χ4v) is 3.26. The molecule has 0 radical (unpaired) electrons. The molecule has 0 spiro atoms. The molecule has 0 aliphatic carbocycles. The van der Waals surface area contributed by atoms with Crippen LogP contribution in [0.15, 0.2) is 42.5 Å². The highest BCUT2D eigenvalue weighted by atomic mass is 16.7. The van der Waals surface area contributed by atoms with Gasteiger partial charge in [-0.3, -0.25) is 4.79 Å². The fraction of sp³-hybridized carbons (Fsp3) is 0.286. The normalized spacial score (nSPS) is 25.1. The maximum atomic E-state index is 11.7. The quantitative estimate of drug-likeness (QED) is 0.360. The molecule has 2 aromatic carbocycles. The lowest BCUT2D eigenvalue weighted by molar-refractivity contribution is -0.270. The monoisotopic (exact) mass is 447 g/mol. The molecule has 1 aliphatic rings. The van der Waals surface area contributed by atoms with E-state index in [4.69, 9.17) is 9.47 Å². The molecule has 11 nitrogen and oxygen atoms in total. The number of ether oxygens (including phenoxy) is 2. The van der Waals surface area contributed by atoms with Crippen molar-refractivity contribution in [2.24, 2.45) is 0 Å².